The topological polar surface area (TPSA) is 52.0 Å². The van der Waals surface area contributed by atoms with Gasteiger partial charge < -0.3 is 11.5 Å². The molecule has 0 radical (unpaired) electrons. The quantitative estimate of drug-likeness (QED) is 0.771. The second-order valence-corrected chi connectivity index (χ2v) is 4.42. The predicted molar refractivity (Wildman–Crippen MR) is 63.3 cm³/mol. The van der Waals surface area contributed by atoms with Crippen molar-refractivity contribution in [3.05, 3.63) is 23.8 Å². The maximum atomic E-state index is 5.83. The monoisotopic (exact) mass is 256 g/mol. The van der Waals surface area contributed by atoms with E-state index in [2.05, 4.69) is 22.0 Å². The zero-order valence-electron chi connectivity index (χ0n) is 6.88. The summed E-state index contributed by atoms with van der Waals surface area (Å²) >= 11 is 4.99. The molecule has 0 saturated carbocycles. The summed E-state index contributed by atoms with van der Waals surface area (Å²) in [5.74, 6) is 0. The first-order chi connectivity index (χ1) is 6.24. The SMILES string of the molecule is Nc1sc2c(CBr)cccc2c1N. The molecular weight excluding hydrogens is 248 g/mol. The van der Waals surface area contributed by atoms with Crippen molar-refractivity contribution in [1.82, 2.24) is 0 Å². The number of thiophene rings is 1. The molecule has 13 heavy (non-hydrogen) atoms. The Morgan fingerprint density at radius 1 is 1.31 bits per heavy atom. The summed E-state index contributed by atoms with van der Waals surface area (Å²) in [5.41, 5.74) is 13.5. The third-order valence-corrected chi connectivity index (χ3v) is 3.74. The average molecular weight is 257 g/mol. The summed E-state index contributed by atoms with van der Waals surface area (Å²) in [6, 6.07) is 6.08. The maximum Gasteiger partial charge on any atom is 0.110 e. The lowest BCUT2D eigenvalue weighted by Crippen LogP contribution is -1.88. The Kier molecular flexibility index (Phi) is 2.17. The molecular formula is C9H9BrN2S. The fraction of sp³-hybridized carbons (Fsp3) is 0.111. The van der Waals surface area contributed by atoms with E-state index in [1.807, 2.05) is 12.1 Å². The molecule has 1 heterocycles. The molecule has 0 unspecified atom stereocenters. The van der Waals surface area contributed by atoms with E-state index in [1.165, 1.54) is 10.3 Å². The molecule has 2 rings (SSSR count). The van der Waals surface area contributed by atoms with E-state index in [9.17, 15) is 0 Å². The molecule has 0 aliphatic carbocycles. The first kappa shape index (κ1) is 8.84. The van der Waals surface area contributed by atoms with Crippen molar-refractivity contribution in [3.8, 4) is 0 Å². The number of halogens is 1. The Labute approximate surface area is 88.7 Å². The molecule has 0 saturated heterocycles. The first-order valence-electron chi connectivity index (χ1n) is 3.85. The predicted octanol–water partition coefficient (Wildman–Crippen LogP) is 2.96. The molecule has 0 spiro atoms. The van der Waals surface area contributed by atoms with Gasteiger partial charge in [0.1, 0.15) is 5.00 Å². The van der Waals surface area contributed by atoms with Crippen LogP contribution in [0.3, 0.4) is 0 Å². The van der Waals surface area contributed by atoms with E-state index in [1.54, 1.807) is 11.3 Å². The first-order valence-corrected chi connectivity index (χ1v) is 5.79. The van der Waals surface area contributed by atoms with Crippen molar-refractivity contribution in [2.24, 2.45) is 0 Å². The van der Waals surface area contributed by atoms with E-state index in [4.69, 9.17) is 11.5 Å². The highest BCUT2D eigenvalue weighted by atomic mass is 79.9. The number of anilines is 2. The minimum absolute atomic E-state index is 0.711. The lowest BCUT2D eigenvalue weighted by Gasteiger charge is -1.96. The van der Waals surface area contributed by atoms with Crippen LogP contribution in [0.4, 0.5) is 10.7 Å². The van der Waals surface area contributed by atoms with Crippen molar-refractivity contribution >= 4 is 48.0 Å². The minimum atomic E-state index is 0.711. The molecule has 1 aromatic carbocycles. The van der Waals surface area contributed by atoms with Crippen LogP contribution in [0.5, 0.6) is 0 Å². The highest BCUT2D eigenvalue weighted by Gasteiger charge is 2.08. The van der Waals surface area contributed by atoms with E-state index < -0.39 is 0 Å². The number of alkyl halides is 1. The molecule has 2 aromatic rings. The number of benzene rings is 1. The number of hydrogen-bond donors (Lipinski definition) is 2. The Bertz CT molecular complexity index is 450. The average Bonchev–Trinajstić information content (AvgIpc) is 2.43. The fourth-order valence-electron chi connectivity index (χ4n) is 1.32. The van der Waals surface area contributed by atoms with Gasteiger partial charge in [-0.05, 0) is 5.56 Å². The smallest absolute Gasteiger partial charge is 0.110 e. The van der Waals surface area contributed by atoms with Gasteiger partial charge in [-0.25, -0.2) is 0 Å². The van der Waals surface area contributed by atoms with Crippen LogP contribution >= 0.6 is 27.3 Å². The summed E-state index contributed by atoms with van der Waals surface area (Å²) < 4.78 is 1.19. The summed E-state index contributed by atoms with van der Waals surface area (Å²) in [4.78, 5) is 0. The highest BCUT2D eigenvalue weighted by Crippen LogP contribution is 2.38. The zero-order chi connectivity index (χ0) is 9.42. The van der Waals surface area contributed by atoms with Gasteiger partial charge in [-0.2, -0.15) is 0 Å². The van der Waals surface area contributed by atoms with Crippen LogP contribution in [0.2, 0.25) is 0 Å². The van der Waals surface area contributed by atoms with Crippen molar-refractivity contribution in [2.75, 3.05) is 11.5 Å². The van der Waals surface area contributed by atoms with Gasteiger partial charge in [0.15, 0.2) is 0 Å². The number of nitrogen functional groups attached to an aromatic ring is 2. The van der Waals surface area contributed by atoms with Crippen molar-refractivity contribution in [3.63, 3.8) is 0 Å². The van der Waals surface area contributed by atoms with Gasteiger partial charge in [-0.15, -0.1) is 11.3 Å². The van der Waals surface area contributed by atoms with Gasteiger partial charge in [-0.1, -0.05) is 34.1 Å². The van der Waals surface area contributed by atoms with Crippen LogP contribution in [0.1, 0.15) is 5.56 Å². The lowest BCUT2D eigenvalue weighted by molar-refractivity contribution is 1.51. The van der Waals surface area contributed by atoms with Crippen molar-refractivity contribution in [1.29, 1.82) is 0 Å². The Morgan fingerprint density at radius 3 is 2.77 bits per heavy atom. The highest BCUT2D eigenvalue weighted by molar-refractivity contribution is 9.08. The van der Waals surface area contributed by atoms with Crippen molar-refractivity contribution in [2.45, 2.75) is 5.33 Å². The molecule has 0 aliphatic rings. The van der Waals surface area contributed by atoms with Crippen LogP contribution in [0, 0.1) is 0 Å². The molecule has 4 heteroatoms. The van der Waals surface area contributed by atoms with Gasteiger partial charge >= 0.3 is 0 Å². The van der Waals surface area contributed by atoms with Crippen molar-refractivity contribution < 1.29 is 0 Å². The number of rotatable bonds is 1. The summed E-state index contributed by atoms with van der Waals surface area (Å²) in [6.45, 7) is 0. The summed E-state index contributed by atoms with van der Waals surface area (Å²) in [6.07, 6.45) is 0. The molecule has 2 nitrogen and oxygen atoms in total. The van der Waals surface area contributed by atoms with Crippen LogP contribution in [0.25, 0.3) is 10.1 Å². The molecule has 0 aliphatic heterocycles. The maximum absolute atomic E-state index is 5.83. The molecule has 1 aromatic heterocycles. The molecule has 0 fully saturated rings. The Morgan fingerprint density at radius 2 is 2.08 bits per heavy atom. The standard InChI is InChI=1S/C9H9BrN2S/c10-4-5-2-1-3-6-7(11)9(12)13-8(5)6/h1-3H,4,11-12H2. The molecule has 68 valence electrons. The van der Waals surface area contributed by atoms with E-state index in [0.29, 0.717) is 10.7 Å². The number of nitrogens with two attached hydrogens (primary N) is 2. The second kappa shape index (κ2) is 3.20. The van der Waals surface area contributed by atoms with Gasteiger partial charge in [0, 0.05) is 15.4 Å². The van der Waals surface area contributed by atoms with Crippen LogP contribution in [-0.4, -0.2) is 0 Å². The zero-order valence-corrected chi connectivity index (χ0v) is 9.28. The van der Waals surface area contributed by atoms with Gasteiger partial charge in [0.25, 0.3) is 0 Å². The molecule has 0 amide bonds. The minimum Gasteiger partial charge on any atom is -0.396 e. The summed E-state index contributed by atoms with van der Waals surface area (Å²) in [5, 5.41) is 2.62. The van der Waals surface area contributed by atoms with Crippen LogP contribution in [-0.2, 0) is 5.33 Å². The number of hydrogen-bond acceptors (Lipinski definition) is 3. The number of fused-ring (bicyclic) bond motifs is 1. The van der Waals surface area contributed by atoms with E-state index in [0.717, 1.165) is 10.7 Å². The summed E-state index contributed by atoms with van der Waals surface area (Å²) in [7, 11) is 0. The fourth-order valence-corrected chi connectivity index (χ4v) is 2.97. The Balaban J connectivity index is 2.84. The molecule has 4 N–H and O–H groups in total. The van der Waals surface area contributed by atoms with Gasteiger partial charge in [0.05, 0.1) is 5.69 Å². The van der Waals surface area contributed by atoms with E-state index in [-0.39, 0.29) is 0 Å². The van der Waals surface area contributed by atoms with E-state index >= 15 is 0 Å². The van der Waals surface area contributed by atoms with Gasteiger partial charge in [0.2, 0.25) is 0 Å². The largest absolute Gasteiger partial charge is 0.396 e. The normalized spacial score (nSPS) is 10.8. The molecule has 0 atom stereocenters. The third kappa shape index (κ3) is 1.30. The lowest BCUT2D eigenvalue weighted by atomic mass is 10.2. The Hall–Kier alpha value is -0.740. The van der Waals surface area contributed by atoms with Crippen LogP contribution < -0.4 is 11.5 Å². The third-order valence-electron chi connectivity index (χ3n) is 2.01. The second-order valence-electron chi connectivity index (χ2n) is 2.81. The van der Waals surface area contributed by atoms with Gasteiger partial charge in [-0.3, -0.25) is 0 Å². The molecule has 0 bridgehead atoms. The van der Waals surface area contributed by atoms with Crippen LogP contribution in [0.15, 0.2) is 18.2 Å².